The number of aryl methyl sites for hydroxylation is 1. The van der Waals surface area contributed by atoms with Crippen molar-refractivity contribution in [3.05, 3.63) is 51.8 Å². The summed E-state index contributed by atoms with van der Waals surface area (Å²) in [6.45, 7) is 11.2. The molecule has 2 atom stereocenters. The molecule has 108 valence electrons. The lowest BCUT2D eigenvalue weighted by atomic mass is 10.1. The average Bonchev–Trinajstić information content (AvgIpc) is 2.88. The summed E-state index contributed by atoms with van der Waals surface area (Å²) in [5.74, 6) is 7.40. The van der Waals surface area contributed by atoms with E-state index in [1.165, 1.54) is 6.42 Å². The lowest BCUT2D eigenvalue weighted by molar-refractivity contribution is 0.706. The summed E-state index contributed by atoms with van der Waals surface area (Å²) < 4.78 is 0. The summed E-state index contributed by atoms with van der Waals surface area (Å²) in [5, 5.41) is 3.10. The number of piperidine rings is 1. The Balaban J connectivity index is 1.53. The van der Waals surface area contributed by atoms with E-state index in [1.807, 2.05) is 30.5 Å². The van der Waals surface area contributed by atoms with E-state index in [9.17, 15) is 0 Å². The van der Waals surface area contributed by atoms with Gasteiger partial charge in [0.05, 0.1) is 17.0 Å². The second-order valence-electron chi connectivity index (χ2n) is 6.07. The Labute approximate surface area is 134 Å². The van der Waals surface area contributed by atoms with Crippen molar-refractivity contribution in [1.29, 1.82) is 0 Å². The molecule has 1 saturated carbocycles. The quantitative estimate of drug-likeness (QED) is 0.589. The highest BCUT2D eigenvalue weighted by Crippen LogP contribution is 2.58. The Hall–Kier alpha value is -2.30. The van der Waals surface area contributed by atoms with Crippen molar-refractivity contribution in [1.82, 2.24) is 4.98 Å². The van der Waals surface area contributed by atoms with Gasteiger partial charge in [0.25, 0.3) is 0 Å². The first-order valence-electron chi connectivity index (χ1n) is 7.36. The molecular formula is C18H15N3S. The van der Waals surface area contributed by atoms with Gasteiger partial charge in [-0.2, -0.15) is 0 Å². The maximum atomic E-state index is 7.14. The fraction of sp³-hybridized carbons (Fsp3) is 0.333. The van der Waals surface area contributed by atoms with E-state index in [2.05, 4.69) is 32.6 Å². The molecule has 0 N–H and O–H groups in total. The molecule has 1 aliphatic heterocycles. The van der Waals surface area contributed by atoms with E-state index in [1.54, 1.807) is 11.3 Å². The van der Waals surface area contributed by atoms with Crippen molar-refractivity contribution in [2.24, 2.45) is 11.3 Å². The Morgan fingerprint density at radius 1 is 1.50 bits per heavy atom. The monoisotopic (exact) mass is 305 g/mol. The summed E-state index contributed by atoms with van der Waals surface area (Å²) in [4.78, 5) is 10.3. The van der Waals surface area contributed by atoms with Crippen molar-refractivity contribution >= 4 is 22.7 Å². The highest BCUT2D eigenvalue weighted by Gasteiger charge is 2.59. The minimum atomic E-state index is 0.144. The summed E-state index contributed by atoms with van der Waals surface area (Å²) in [6, 6.07) is 7.88. The van der Waals surface area contributed by atoms with Gasteiger partial charge in [-0.3, -0.25) is 0 Å². The van der Waals surface area contributed by atoms with E-state index in [4.69, 9.17) is 6.57 Å². The van der Waals surface area contributed by atoms with Crippen LogP contribution in [0.25, 0.3) is 4.85 Å². The van der Waals surface area contributed by atoms with Gasteiger partial charge in [0, 0.05) is 24.2 Å². The molecule has 1 aromatic heterocycles. The fourth-order valence-corrected chi connectivity index (χ4v) is 3.79. The predicted octanol–water partition coefficient (Wildman–Crippen LogP) is 3.88. The van der Waals surface area contributed by atoms with Crippen LogP contribution in [0.2, 0.25) is 0 Å². The van der Waals surface area contributed by atoms with E-state index >= 15 is 0 Å². The molecule has 1 saturated heterocycles. The molecule has 2 unspecified atom stereocenters. The molecule has 0 radical (unpaired) electrons. The molecule has 22 heavy (non-hydrogen) atoms. The molecule has 0 amide bonds. The number of thiazole rings is 1. The molecule has 0 spiro atoms. The number of hydrogen-bond donors (Lipinski definition) is 0. The standard InChI is InChI=1S/C18H15N3S/c1-13-20-16(11-22-13)6-7-18-9-14(18)10-21(12-18)17-5-3-4-15(8-17)19-2/h3-5,8,11,14H,9-10,12H2,1H3. The number of benzene rings is 1. The molecule has 3 nitrogen and oxygen atoms in total. The van der Waals surface area contributed by atoms with Crippen LogP contribution in [0.5, 0.6) is 0 Å². The number of nitrogens with zero attached hydrogens (tertiary/aromatic N) is 3. The first kappa shape index (κ1) is 13.4. The molecule has 4 rings (SSSR count). The van der Waals surface area contributed by atoms with Crippen LogP contribution in [-0.2, 0) is 0 Å². The lowest BCUT2D eigenvalue weighted by Crippen LogP contribution is -2.23. The molecule has 2 heterocycles. The Morgan fingerprint density at radius 3 is 3.18 bits per heavy atom. The van der Waals surface area contributed by atoms with Crippen LogP contribution in [0.4, 0.5) is 11.4 Å². The number of hydrogen-bond acceptors (Lipinski definition) is 3. The van der Waals surface area contributed by atoms with Crippen LogP contribution in [0.3, 0.4) is 0 Å². The van der Waals surface area contributed by atoms with Crippen LogP contribution in [0.1, 0.15) is 17.1 Å². The van der Waals surface area contributed by atoms with E-state index in [-0.39, 0.29) is 5.41 Å². The minimum absolute atomic E-state index is 0.144. The van der Waals surface area contributed by atoms with Crippen LogP contribution in [0, 0.1) is 36.7 Å². The fourth-order valence-electron chi connectivity index (χ4n) is 3.24. The number of rotatable bonds is 1. The van der Waals surface area contributed by atoms with Crippen LogP contribution >= 0.6 is 11.3 Å². The first-order chi connectivity index (χ1) is 10.7. The zero-order valence-electron chi connectivity index (χ0n) is 12.3. The Bertz CT molecular complexity index is 836. The first-order valence-corrected chi connectivity index (χ1v) is 8.24. The molecule has 1 aliphatic carbocycles. The Morgan fingerprint density at radius 2 is 2.41 bits per heavy atom. The summed E-state index contributed by atoms with van der Waals surface area (Å²) in [5.41, 5.74) is 2.89. The summed E-state index contributed by atoms with van der Waals surface area (Å²) in [6.07, 6.45) is 1.20. The zero-order chi connectivity index (χ0) is 15.2. The number of anilines is 1. The third-order valence-electron chi connectivity index (χ3n) is 4.53. The third kappa shape index (κ3) is 2.26. The van der Waals surface area contributed by atoms with Gasteiger partial charge < -0.3 is 4.90 Å². The van der Waals surface area contributed by atoms with Crippen molar-refractivity contribution in [2.75, 3.05) is 18.0 Å². The molecule has 2 aliphatic rings. The van der Waals surface area contributed by atoms with Crippen molar-refractivity contribution in [3.8, 4) is 11.8 Å². The van der Waals surface area contributed by atoms with Gasteiger partial charge in [0.2, 0.25) is 0 Å². The molecule has 4 heteroatoms. The van der Waals surface area contributed by atoms with Crippen LogP contribution < -0.4 is 4.90 Å². The molecule has 2 fully saturated rings. The van der Waals surface area contributed by atoms with Gasteiger partial charge in [0.1, 0.15) is 5.69 Å². The molecule has 0 bridgehead atoms. The largest absolute Gasteiger partial charge is 0.371 e. The zero-order valence-corrected chi connectivity index (χ0v) is 13.2. The molecule has 1 aromatic carbocycles. The third-order valence-corrected chi connectivity index (χ3v) is 5.30. The second kappa shape index (κ2) is 4.87. The van der Waals surface area contributed by atoms with Gasteiger partial charge >= 0.3 is 0 Å². The molecule has 2 aromatic rings. The average molecular weight is 305 g/mol. The van der Waals surface area contributed by atoms with Gasteiger partial charge in [-0.25, -0.2) is 9.83 Å². The summed E-state index contributed by atoms with van der Waals surface area (Å²) in [7, 11) is 0. The van der Waals surface area contributed by atoms with Crippen molar-refractivity contribution in [3.63, 3.8) is 0 Å². The van der Waals surface area contributed by atoms with Crippen LogP contribution in [-0.4, -0.2) is 18.1 Å². The minimum Gasteiger partial charge on any atom is -0.371 e. The smallest absolute Gasteiger partial charge is 0.189 e. The SMILES string of the molecule is [C-]#[N+]c1cccc(N2CC3CC3(C#Cc3csc(C)n3)C2)c1. The maximum Gasteiger partial charge on any atom is 0.189 e. The predicted molar refractivity (Wildman–Crippen MR) is 89.2 cm³/mol. The van der Waals surface area contributed by atoms with Gasteiger partial charge in [0.15, 0.2) is 5.69 Å². The number of aromatic nitrogens is 1. The van der Waals surface area contributed by atoms with Crippen LogP contribution in [0.15, 0.2) is 29.6 Å². The van der Waals surface area contributed by atoms with E-state index in [0.29, 0.717) is 11.6 Å². The van der Waals surface area contributed by atoms with Gasteiger partial charge in [-0.15, -0.1) is 11.3 Å². The molecular weight excluding hydrogens is 290 g/mol. The summed E-state index contributed by atoms with van der Waals surface area (Å²) >= 11 is 1.65. The normalized spacial score (nSPS) is 25.1. The lowest BCUT2D eigenvalue weighted by Gasteiger charge is -2.21. The van der Waals surface area contributed by atoms with Crippen molar-refractivity contribution < 1.29 is 0 Å². The topological polar surface area (TPSA) is 20.5 Å². The van der Waals surface area contributed by atoms with E-state index in [0.717, 1.165) is 29.5 Å². The highest BCUT2D eigenvalue weighted by molar-refractivity contribution is 7.09. The Kier molecular flexibility index (Phi) is 2.96. The van der Waals surface area contributed by atoms with Crippen molar-refractivity contribution in [2.45, 2.75) is 13.3 Å². The van der Waals surface area contributed by atoms with Gasteiger partial charge in [-0.05, 0) is 37.3 Å². The maximum absolute atomic E-state index is 7.14. The van der Waals surface area contributed by atoms with E-state index < -0.39 is 0 Å². The van der Waals surface area contributed by atoms with Gasteiger partial charge in [-0.1, -0.05) is 18.1 Å². The number of fused-ring (bicyclic) bond motifs is 1. The second-order valence-corrected chi connectivity index (χ2v) is 7.13. The highest BCUT2D eigenvalue weighted by atomic mass is 32.1.